The summed E-state index contributed by atoms with van der Waals surface area (Å²) in [5.41, 5.74) is 6.23. The van der Waals surface area contributed by atoms with Crippen molar-refractivity contribution in [3.8, 4) is 0 Å². The normalized spacial score (nSPS) is 12.2. The standard InChI is InChI=1S/C12H13NO4S/c13-10-3-1-9-6-11(4-2-8(9)5-10)18(16,17)7-12(14)15/h1-6,12,14-15H,7,13H2. The highest BCUT2D eigenvalue weighted by molar-refractivity contribution is 7.91. The van der Waals surface area contributed by atoms with Crippen LogP contribution in [-0.2, 0) is 9.84 Å². The van der Waals surface area contributed by atoms with Gasteiger partial charge in [0.1, 0.15) is 5.75 Å². The molecule has 0 amide bonds. The lowest BCUT2D eigenvalue weighted by Crippen LogP contribution is -2.20. The first-order valence-electron chi connectivity index (χ1n) is 5.27. The van der Waals surface area contributed by atoms with Gasteiger partial charge < -0.3 is 15.9 Å². The molecule has 5 nitrogen and oxygen atoms in total. The Bertz CT molecular complexity index is 680. The van der Waals surface area contributed by atoms with Crippen LogP contribution in [0.15, 0.2) is 41.3 Å². The SMILES string of the molecule is Nc1ccc2cc(S(=O)(=O)CC(O)O)ccc2c1. The molecule has 0 spiro atoms. The summed E-state index contributed by atoms with van der Waals surface area (Å²) >= 11 is 0. The molecule has 18 heavy (non-hydrogen) atoms. The molecule has 96 valence electrons. The highest BCUT2D eigenvalue weighted by Gasteiger charge is 2.18. The Morgan fingerprint density at radius 1 is 1.06 bits per heavy atom. The molecular formula is C12H13NO4S. The third-order valence-electron chi connectivity index (χ3n) is 2.56. The van der Waals surface area contributed by atoms with E-state index in [0.717, 1.165) is 10.8 Å². The molecule has 2 aromatic carbocycles. The Hall–Kier alpha value is -1.63. The van der Waals surface area contributed by atoms with Crippen LogP contribution in [0.1, 0.15) is 0 Å². The van der Waals surface area contributed by atoms with Crippen molar-refractivity contribution < 1.29 is 18.6 Å². The van der Waals surface area contributed by atoms with E-state index in [4.69, 9.17) is 15.9 Å². The molecule has 2 rings (SSSR count). The minimum atomic E-state index is -3.69. The summed E-state index contributed by atoms with van der Waals surface area (Å²) in [6.45, 7) is 0. The molecule has 0 aliphatic rings. The molecule has 0 unspecified atom stereocenters. The van der Waals surface area contributed by atoms with Gasteiger partial charge in [0.25, 0.3) is 0 Å². The average Bonchev–Trinajstić information content (AvgIpc) is 2.26. The van der Waals surface area contributed by atoms with Gasteiger partial charge in [-0.1, -0.05) is 12.1 Å². The van der Waals surface area contributed by atoms with Crippen LogP contribution >= 0.6 is 0 Å². The maximum atomic E-state index is 11.8. The summed E-state index contributed by atoms with van der Waals surface area (Å²) in [6, 6.07) is 9.71. The number of nitrogens with two attached hydrogens (primary N) is 1. The van der Waals surface area contributed by atoms with Gasteiger partial charge in [-0.2, -0.15) is 0 Å². The fraction of sp³-hybridized carbons (Fsp3) is 0.167. The zero-order valence-corrected chi connectivity index (χ0v) is 10.3. The van der Waals surface area contributed by atoms with Crippen molar-refractivity contribution in [1.29, 1.82) is 0 Å². The first-order chi connectivity index (χ1) is 8.38. The van der Waals surface area contributed by atoms with E-state index in [2.05, 4.69) is 0 Å². The minimum Gasteiger partial charge on any atom is -0.399 e. The van der Waals surface area contributed by atoms with Crippen LogP contribution in [0.3, 0.4) is 0 Å². The summed E-state index contributed by atoms with van der Waals surface area (Å²) in [5, 5.41) is 19.1. The number of aliphatic hydroxyl groups is 2. The van der Waals surface area contributed by atoms with Crippen molar-refractivity contribution in [3.63, 3.8) is 0 Å². The number of nitrogen functional groups attached to an aromatic ring is 1. The maximum absolute atomic E-state index is 11.8. The molecule has 0 bridgehead atoms. The fourth-order valence-electron chi connectivity index (χ4n) is 1.73. The van der Waals surface area contributed by atoms with Crippen molar-refractivity contribution in [2.75, 3.05) is 11.5 Å². The molecule has 2 aromatic rings. The van der Waals surface area contributed by atoms with Gasteiger partial charge in [-0.15, -0.1) is 0 Å². The molecule has 0 fully saturated rings. The topological polar surface area (TPSA) is 101 Å². The smallest absolute Gasteiger partial charge is 0.183 e. The molecule has 0 saturated heterocycles. The molecule has 0 aliphatic carbocycles. The van der Waals surface area contributed by atoms with Gasteiger partial charge in [0.2, 0.25) is 0 Å². The second-order valence-electron chi connectivity index (χ2n) is 4.03. The Labute approximate surface area is 104 Å². The van der Waals surface area contributed by atoms with Crippen LogP contribution in [0.5, 0.6) is 0 Å². The van der Waals surface area contributed by atoms with Crippen molar-refractivity contribution in [2.45, 2.75) is 11.2 Å². The van der Waals surface area contributed by atoms with Gasteiger partial charge in [0.15, 0.2) is 16.1 Å². The van der Waals surface area contributed by atoms with Crippen LogP contribution in [0, 0.1) is 0 Å². The van der Waals surface area contributed by atoms with Gasteiger partial charge >= 0.3 is 0 Å². The van der Waals surface area contributed by atoms with Crippen LogP contribution in [0.25, 0.3) is 10.8 Å². The lowest BCUT2D eigenvalue weighted by molar-refractivity contribution is -0.0198. The molecule has 0 saturated carbocycles. The van der Waals surface area contributed by atoms with E-state index in [0.29, 0.717) is 5.69 Å². The number of sulfone groups is 1. The predicted octanol–water partition coefficient (Wildman–Crippen LogP) is 0.506. The molecule has 0 aliphatic heterocycles. The van der Waals surface area contributed by atoms with Crippen molar-refractivity contribution >= 4 is 26.3 Å². The first kappa shape index (κ1) is 12.8. The Balaban J connectivity index is 2.51. The zero-order valence-electron chi connectivity index (χ0n) is 9.45. The van der Waals surface area contributed by atoms with E-state index in [-0.39, 0.29) is 4.90 Å². The highest BCUT2D eigenvalue weighted by atomic mass is 32.2. The number of aliphatic hydroxyl groups excluding tert-OH is 1. The molecule has 0 atom stereocenters. The van der Waals surface area contributed by atoms with Crippen LogP contribution in [0.4, 0.5) is 5.69 Å². The average molecular weight is 267 g/mol. The van der Waals surface area contributed by atoms with Gasteiger partial charge in [0, 0.05) is 5.69 Å². The maximum Gasteiger partial charge on any atom is 0.183 e. The summed E-state index contributed by atoms with van der Waals surface area (Å²) in [4.78, 5) is 0.0628. The lowest BCUT2D eigenvalue weighted by atomic mass is 10.1. The first-order valence-corrected chi connectivity index (χ1v) is 6.92. The lowest BCUT2D eigenvalue weighted by Gasteiger charge is -2.07. The van der Waals surface area contributed by atoms with Crippen molar-refractivity contribution in [3.05, 3.63) is 36.4 Å². The predicted molar refractivity (Wildman–Crippen MR) is 68.6 cm³/mol. The minimum absolute atomic E-state index is 0.0628. The molecule has 0 aromatic heterocycles. The van der Waals surface area contributed by atoms with Crippen LogP contribution in [-0.4, -0.2) is 30.7 Å². The van der Waals surface area contributed by atoms with Gasteiger partial charge in [-0.05, 0) is 35.0 Å². The number of anilines is 1. The largest absolute Gasteiger partial charge is 0.399 e. The van der Waals surface area contributed by atoms with E-state index in [1.54, 1.807) is 24.3 Å². The number of hydrogen-bond acceptors (Lipinski definition) is 5. The van der Waals surface area contributed by atoms with E-state index in [9.17, 15) is 8.42 Å². The van der Waals surface area contributed by atoms with E-state index < -0.39 is 21.9 Å². The zero-order chi connectivity index (χ0) is 13.3. The van der Waals surface area contributed by atoms with Gasteiger partial charge in [0.05, 0.1) is 4.90 Å². The summed E-state index contributed by atoms with van der Waals surface area (Å²) in [5.74, 6) is -0.715. The van der Waals surface area contributed by atoms with Gasteiger partial charge in [-0.3, -0.25) is 0 Å². The highest BCUT2D eigenvalue weighted by Crippen LogP contribution is 2.22. The van der Waals surface area contributed by atoms with Gasteiger partial charge in [-0.25, -0.2) is 8.42 Å². The summed E-state index contributed by atoms with van der Waals surface area (Å²) in [6.07, 6.45) is -1.88. The number of rotatable bonds is 3. The Kier molecular flexibility index (Phi) is 3.25. The Morgan fingerprint density at radius 3 is 2.33 bits per heavy atom. The molecular weight excluding hydrogens is 254 g/mol. The third kappa shape index (κ3) is 2.61. The number of benzene rings is 2. The molecule has 0 heterocycles. The summed E-state index contributed by atoms with van der Waals surface area (Å²) < 4.78 is 23.6. The monoisotopic (exact) mass is 267 g/mol. The summed E-state index contributed by atoms with van der Waals surface area (Å²) in [7, 11) is -3.69. The van der Waals surface area contributed by atoms with Crippen molar-refractivity contribution in [2.24, 2.45) is 0 Å². The molecule has 0 radical (unpaired) electrons. The quantitative estimate of drug-likeness (QED) is 0.555. The second-order valence-corrected chi connectivity index (χ2v) is 6.06. The van der Waals surface area contributed by atoms with E-state index in [1.165, 1.54) is 12.1 Å². The molecule has 6 heteroatoms. The Morgan fingerprint density at radius 2 is 1.67 bits per heavy atom. The molecule has 4 N–H and O–H groups in total. The van der Waals surface area contributed by atoms with E-state index >= 15 is 0 Å². The van der Waals surface area contributed by atoms with Crippen LogP contribution < -0.4 is 5.73 Å². The fourth-order valence-corrected chi connectivity index (χ4v) is 2.90. The number of hydrogen-bond donors (Lipinski definition) is 3. The van der Waals surface area contributed by atoms with Crippen LogP contribution in [0.2, 0.25) is 0 Å². The second kappa shape index (κ2) is 4.56. The van der Waals surface area contributed by atoms with Crippen molar-refractivity contribution in [1.82, 2.24) is 0 Å². The van der Waals surface area contributed by atoms with E-state index in [1.807, 2.05) is 0 Å². The number of fused-ring (bicyclic) bond motifs is 1. The third-order valence-corrected chi connectivity index (χ3v) is 4.27.